The van der Waals surface area contributed by atoms with Crippen molar-refractivity contribution in [3.8, 4) is 11.1 Å². The molecule has 6 nitrogen and oxygen atoms in total. The SMILES string of the molecule is CNC(/C=C(\N=Cc1ccccc1)c1ccc(-c2ccc(C3Nc4c5c(c6ccccc6c4N3C3=CC=CCN3)C=CNC5)cc2)cc1)c1ccccc1. The smallest absolute Gasteiger partial charge is 0.131 e. The second-order valence-electron chi connectivity index (χ2n) is 13.8. The highest BCUT2D eigenvalue weighted by molar-refractivity contribution is 6.09. The molecule has 54 heavy (non-hydrogen) atoms. The Morgan fingerprint density at radius 2 is 1.52 bits per heavy atom. The molecule has 0 saturated heterocycles. The molecule has 0 radical (unpaired) electrons. The van der Waals surface area contributed by atoms with Gasteiger partial charge in [-0.15, -0.1) is 0 Å². The largest absolute Gasteiger partial charge is 0.387 e. The molecular formula is C48H42N6. The van der Waals surface area contributed by atoms with Crippen molar-refractivity contribution >= 4 is 40.1 Å². The fourth-order valence-electron chi connectivity index (χ4n) is 7.77. The molecule has 2 atom stereocenters. The number of anilines is 2. The zero-order valence-electron chi connectivity index (χ0n) is 30.2. The minimum atomic E-state index is -0.0811. The van der Waals surface area contributed by atoms with Crippen LogP contribution in [0.3, 0.4) is 0 Å². The lowest BCUT2D eigenvalue weighted by Gasteiger charge is -2.31. The van der Waals surface area contributed by atoms with Gasteiger partial charge in [-0.2, -0.15) is 0 Å². The van der Waals surface area contributed by atoms with E-state index in [-0.39, 0.29) is 12.2 Å². The summed E-state index contributed by atoms with van der Waals surface area (Å²) in [5.41, 5.74) is 12.7. The van der Waals surface area contributed by atoms with E-state index in [1.165, 1.54) is 44.4 Å². The van der Waals surface area contributed by atoms with Crippen molar-refractivity contribution in [1.29, 1.82) is 0 Å². The number of likely N-dealkylation sites (N-methyl/N-ethyl adjacent to an activating group) is 1. The van der Waals surface area contributed by atoms with Crippen LogP contribution in [0.1, 0.15) is 45.6 Å². The Balaban J connectivity index is 1.04. The van der Waals surface area contributed by atoms with Crippen LogP contribution >= 0.6 is 0 Å². The molecule has 0 aliphatic carbocycles. The number of dihydropyridines is 1. The predicted molar refractivity (Wildman–Crippen MR) is 226 cm³/mol. The van der Waals surface area contributed by atoms with E-state index in [0.717, 1.165) is 46.9 Å². The number of nitrogens with zero attached hydrogens (tertiary/aromatic N) is 2. The number of benzene rings is 6. The van der Waals surface area contributed by atoms with Crippen molar-refractivity contribution < 1.29 is 0 Å². The molecule has 0 bridgehead atoms. The monoisotopic (exact) mass is 702 g/mol. The van der Waals surface area contributed by atoms with Crippen LogP contribution in [0.2, 0.25) is 0 Å². The van der Waals surface area contributed by atoms with Crippen LogP contribution in [-0.4, -0.2) is 19.8 Å². The summed E-state index contributed by atoms with van der Waals surface area (Å²) in [6.07, 6.45) is 14.8. The third-order valence-corrected chi connectivity index (χ3v) is 10.5. The molecule has 4 N–H and O–H groups in total. The van der Waals surface area contributed by atoms with Crippen molar-refractivity contribution in [2.45, 2.75) is 18.8 Å². The summed E-state index contributed by atoms with van der Waals surface area (Å²) in [4.78, 5) is 7.45. The Morgan fingerprint density at radius 3 is 2.24 bits per heavy atom. The summed E-state index contributed by atoms with van der Waals surface area (Å²) in [5, 5.41) is 17.1. The Bertz CT molecular complexity index is 2440. The molecule has 0 amide bonds. The van der Waals surface area contributed by atoms with Gasteiger partial charge < -0.3 is 26.2 Å². The van der Waals surface area contributed by atoms with Gasteiger partial charge in [-0.25, -0.2) is 0 Å². The van der Waals surface area contributed by atoms with Gasteiger partial charge in [0.25, 0.3) is 0 Å². The molecule has 3 aliphatic rings. The molecule has 3 aliphatic heterocycles. The summed E-state index contributed by atoms with van der Waals surface area (Å²) < 4.78 is 0. The molecule has 6 aromatic carbocycles. The molecule has 6 heteroatoms. The first-order valence-electron chi connectivity index (χ1n) is 18.6. The standard InChI is InChI=1S/C48H42N6/c1-49-43(36-14-6-3-7-15-36)30-44(52-31-33-12-4-2-5-13-33)37-23-19-34(20-24-37)35-21-25-38(26-22-35)48-53-46-42-32-50-29-27-40(42)39-16-8-9-17-41(39)47(46)54(48)45-18-10-11-28-51-45/h2-27,29-31,43,48-51,53H,28,32H2,1H3/b44-30-,52-31?. The Kier molecular flexibility index (Phi) is 9.09. The lowest BCUT2D eigenvalue weighted by Crippen LogP contribution is -2.35. The summed E-state index contributed by atoms with van der Waals surface area (Å²) >= 11 is 0. The van der Waals surface area contributed by atoms with Gasteiger partial charge in [0.1, 0.15) is 12.0 Å². The maximum Gasteiger partial charge on any atom is 0.131 e. The maximum atomic E-state index is 5.01. The lowest BCUT2D eigenvalue weighted by molar-refractivity contribution is 0.715. The molecular weight excluding hydrogens is 661 g/mol. The number of allylic oxidation sites excluding steroid dienone is 2. The van der Waals surface area contributed by atoms with Crippen LogP contribution in [0, 0.1) is 0 Å². The highest BCUT2D eigenvalue weighted by Gasteiger charge is 2.37. The number of rotatable bonds is 9. The molecule has 0 saturated carbocycles. The quantitative estimate of drug-likeness (QED) is 0.113. The van der Waals surface area contributed by atoms with E-state index < -0.39 is 0 Å². The fourth-order valence-corrected chi connectivity index (χ4v) is 7.77. The van der Waals surface area contributed by atoms with Crippen molar-refractivity contribution in [3.63, 3.8) is 0 Å². The molecule has 264 valence electrons. The highest BCUT2D eigenvalue weighted by Crippen LogP contribution is 2.51. The van der Waals surface area contributed by atoms with Crippen LogP contribution in [-0.2, 0) is 6.54 Å². The van der Waals surface area contributed by atoms with Gasteiger partial charge in [0.05, 0.1) is 23.1 Å². The lowest BCUT2D eigenvalue weighted by atomic mass is 9.93. The molecule has 6 aromatic rings. The summed E-state index contributed by atoms with van der Waals surface area (Å²) in [6.45, 7) is 1.58. The second kappa shape index (κ2) is 14.8. The normalized spacial score (nSPS) is 16.7. The van der Waals surface area contributed by atoms with Crippen LogP contribution in [0.15, 0.2) is 175 Å². The summed E-state index contributed by atoms with van der Waals surface area (Å²) in [6, 6.07) is 47.3. The number of fused-ring (bicyclic) bond motifs is 6. The first-order chi connectivity index (χ1) is 26.7. The average molecular weight is 703 g/mol. The van der Waals surface area contributed by atoms with Gasteiger partial charge in [0.15, 0.2) is 0 Å². The molecule has 0 fully saturated rings. The summed E-state index contributed by atoms with van der Waals surface area (Å²) in [7, 11) is 1.99. The number of hydrogen-bond acceptors (Lipinski definition) is 6. The van der Waals surface area contributed by atoms with Crippen LogP contribution in [0.25, 0.3) is 33.7 Å². The zero-order valence-corrected chi connectivity index (χ0v) is 30.2. The number of hydrogen-bond donors (Lipinski definition) is 4. The van der Waals surface area contributed by atoms with Crippen LogP contribution in [0.5, 0.6) is 0 Å². The van der Waals surface area contributed by atoms with Crippen LogP contribution < -0.4 is 26.2 Å². The zero-order chi connectivity index (χ0) is 36.3. The highest BCUT2D eigenvalue weighted by atomic mass is 15.4. The fraction of sp³-hybridized carbons (Fsp3) is 0.104. The van der Waals surface area contributed by atoms with Crippen molar-refractivity contribution in [1.82, 2.24) is 16.0 Å². The maximum absolute atomic E-state index is 5.01. The predicted octanol–water partition coefficient (Wildman–Crippen LogP) is 9.93. The van der Waals surface area contributed by atoms with E-state index >= 15 is 0 Å². The third kappa shape index (κ3) is 6.37. The first-order valence-corrected chi connectivity index (χ1v) is 18.6. The average Bonchev–Trinajstić information content (AvgIpc) is 3.66. The molecule has 0 aromatic heterocycles. The minimum absolute atomic E-state index is 0.0167. The van der Waals surface area contributed by atoms with Crippen molar-refractivity contribution in [3.05, 3.63) is 203 Å². The third-order valence-electron chi connectivity index (χ3n) is 10.5. The van der Waals surface area contributed by atoms with Gasteiger partial charge >= 0.3 is 0 Å². The minimum Gasteiger partial charge on any atom is -0.387 e. The Labute approximate surface area is 317 Å². The molecule has 2 unspecified atom stereocenters. The second-order valence-corrected chi connectivity index (χ2v) is 13.8. The number of aliphatic imine (C=N–C) groups is 1. The number of nitrogens with one attached hydrogen (secondary N) is 4. The van der Waals surface area contributed by atoms with E-state index in [0.29, 0.717) is 0 Å². The van der Waals surface area contributed by atoms with E-state index in [9.17, 15) is 0 Å². The molecule has 3 heterocycles. The van der Waals surface area contributed by atoms with Gasteiger partial charge in [-0.1, -0.05) is 146 Å². The van der Waals surface area contributed by atoms with Crippen molar-refractivity contribution in [2.75, 3.05) is 23.8 Å². The van der Waals surface area contributed by atoms with Gasteiger partial charge in [0, 0.05) is 30.3 Å². The first kappa shape index (κ1) is 33.2. The van der Waals surface area contributed by atoms with Crippen molar-refractivity contribution in [2.24, 2.45) is 4.99 Å². The molecule has 9 rings (SSSR count). The molecule has 0 spiro atoms. The van der Waals surface area contributed by atoms with E-state index in [1.54, 1.807) is 0 Å². The van der Waals surface area contributed by atoms with Gasteiger partial charge in [-0.05, 0) is 75.8 Å². The van der Waals surface area contributed by atoms with Gasteiger partial charge in [0.2, 0.25) is 0 Å². The van der Waals surface area contributed by atoms with Gasteiger partial charge in [-0.3, -0.25) is 4.99 Å². The van der Waals surface area contributed by atoms with E-state index in [2.05, 4.69) is 172 Å². The van der Waals surface area contributed by atoms with E-state index in [4.69, 9.17) is 4.99 Å². The van der Waals surface area contributed by atoms with Crippen LogP contribution in [0.4, 0.5) is 11.4 Å². The van der Waals surface area contributed by atoms with E-state index in [1.807, 2.05) is 37.5 Å². The Morgan fingerprint density at radius 1 is 0.815 bits per heavy atom. The Hall–Kier alpha value is -6.63. The summed E-state index contributed by atoms with van der Waals surface area (Å²) in [5.74, 6) is 1.09. The topological polar surface area (TPSA) is 63.7 Å².